The van der Waals surface area contributed by atoms with Crippen molar-refractivity contribution in [3.05, 3.63) is 83.9 Å². The fraction of sp³-hybridized carbons (Fsp3) is 0.292. The molecule has 0 unspecified atom stereocenters. The van der Waals surface area contributed by atoms with Crippen LogP contribution >= 0.6 is 12.2 Å². The van der Waals surface area contributed by atoms with E-state index in [9.17, 15) is 4.79 Å². The summed E-state index contributed by atoms with van der Waals surface area (Å²) >= 11 is 5.67. The van der Waals surface area contributed by atoms with Crippen molar-refractivity contribution in [1.29, 1.82) is 0 Å². The first-order valence-corrected chi connectivity index (χ1v) is 11.0. The Morgan fingerprint density at radius 2 is 2.00 bits per heavy atom. The van der Waals surface area contributed by atoms with Gasteiger partial charge in [0.15, 0.2) is 5.11 Å². The maximum absolute atomic E-state index is 12.7. The molecule has 0 saturated carbocycles. The zero-order valence-electron chi connectivity index (χ0n) is 17.8. The first-order chi connectivity index (χ1) is 15.1. The molecule has 1 aromatic carbocycles. The largest absolute Gasteiger partial charge is 0.357 e. The second-order valence-electron chi connectivity index (χ2n) is 7.74. The van der Waals surface area contributed by atoms with E-state index in [1.165, 1.54) is 0 Å². The van der Waals surface area contributed by atoms with Crippen molar-refractivity contribution in [2.24, 2.45) is 7.05 Å². The summed E-state index contributed by atoms with van der Waals surface area (Å²) in [7, 11) is 2.00. The first-order valence-electron chi connectivity index (χ1n) is 10.5. The molecule has 0 spiro atoms. The second kappa shape index (κ2) is 9.31. The average molecular weight is 434 g/mol. The number of aromatic nitrogens is 2. The number of carbonyl (C=O) groups excluding carboxylic acids is 1. The van der Waals surface area contributed by atoms with E-state index >= 15 is 0 Å². The second-order valence-corrected chi connectivity index (χ2v) is 8.13. The molecule has 2 N–H and O–H groups in total. The van der Waals surface area contributed by atoms with Crippen LogP contribution in [0, 0.1) is 0 Å². The monoisotopic (exact) mass is 433 g/mol. The molecule has 3 aromatic rings. The highest BCUT2D eigenvalue weighted by Gasteiger charge is 2.40. The van der Waals surface area contributed by atoms with Gasteiger partial charge in [0.2, 0.25) is 5.91 Å². The molecule has 0 aliphatic carbocycles. The van der Waals surface area contributed by atoms with Crippen LogP contribution in [0.4, 0.5) is 5.69 Å². The fourth-order valence-corrected chi connectivity index (χ4v) is 4.43. The Bertz CT molecular complexity index is 1060. The van der Waals surface area contributed by atoms with Gasteiger partial charge in [0.25, 0.3) is 0 Å². The van der Waals surface area contributed by atoms with Gasteiger partial charge in [-0.1, -0.05) is 31.2 Å². The minimum atomic E-state index is -0.0695. The lowest BCUT2D eigenvalue weighted by Crippen LogP contribution is -2.32. The van der Waals surface area contributed by atoms with Crippen LogP contribution in [-0.4, -0.2) is 32.0 Å². The molecule has 1 aliphatic heterocycles. The van der Waals surface area contributed by atoms with Gasteiger partial charge in [0.05, 0.1) is 17.8 Å². The maximum atomic E-state index is 12.7. The summed E-state index contributed by atoms with van der Waals surface area (Å²) in [6.45, 7) is 2.61. The molecule has 0 radical (unpaired) electrons. The topological polar surface area (TPSA) is 62.2 Å². The van der Waals surface area contributed by atoms with Crippen LogP contribution in [0.1, 0.15) is 42.2 Å². The highest BCUT2D eigenvalue weighted by molar-refractivity contribution is 7.80. The number of nitrogens with zero attached hydrogens (tertiary/aromatic N) is 3. The lowest BCUT2D eigenvalue weighted by atomic mass is 9.99. The smallest absolute Gasteiger partial charge is 0.226 e. The van der Waals surface area contributed by atoms with Crippen molar-refractivity contribution < 1.29 is 4.79 Å². The Morgan fingerprint density at radius 1 is 1.19 bits per heavy atom. The number of hydrogen-bond donors (Lipinski definition) is 2. The van der Waals surface area contributed by atoms with Crippen molar-refractivity contribution in [3.63, 3.8) is 0 Å². The van der Waals surface area contributed by atoms with Crippen molar-refractivity contribution in [1.82, 2.24) is 19.8 Å². The standard InChI is InChI=1S/C24H27N5OS/c1-3-17-8-4-5-9-19(17)26-21(30)12-15-29-23(18-11-14-28(2)16-18)22(27-24(29)31)20-10-6-7-13-25-20/h4-11,13-14,16,22-23H,3,12,15H2,1-2H3,(H,26,30)(H,27,31)/t22-,23-/m1/s1. The molecule has 4 rings (SSSR count). The minimum absolute atomic E-state index is 0.0169. The molecule has 2 atom stereocenters. The molecule has 7 heteroatoms. The molecule has 0 bridgehead atoms. The minimum Gasteiger partial charge on any atom is -0.357 e. The van der Waals surface area contributed by atoms with Gasteiger partial charge in [-0.05, 0) is 54.0 Å². The quantitative estimate of drug-likeness (QED) is 0.552. The number of amides is 1. The Labute approximate surface area is 188 Å². The number of carbonyl (C=O) groups is 1. The summed E-state index contributed by atoms with van der Waals surface area (Å²) in [4.78, 5) is 19.4. The molecule has 3 heterocycles. The normalized spacial score (nSPS) is 18.1. The summed E-state index contributed by atoms with van der Waals surface area (Å²) in [5.74, 6) is -0.0169. The molecule has 1 amide bonds. The van der Waals surface area contributed by atoms with E-state index in [-0.39, 0.29) is 18.0 Å². The zero-order valence-corrected chi connectivity index (χ0v) is 18.6. The lowest BCUT2D eigenvalue weighted by Gasteiger charge is -2.27. The van der Waals surface area contributed by atoms with Gasteiger partial charge >= 0.3 is 0 Å². The van der Waals surface area contributed by atoms with Crippen LogP contribution in [0.15, 0.2) is 67.1 Å². The predicted molar refractivity (Wildman–Crippen MR) is 127 cm³/mol. The van der Waals surface area contributed by atoms with Gasteiger partial charge in [-0.15, -0.1) is 0 Å². The number of nitrogens with one attached hydrogen (secondary N) is 2. The fourth-order valence-electron chi connectivity index (χ4n) is 4.09. The number of anilines is 1. The summed E-state index contributed by atoms with van der Waals surface area (Å²) in [5.41, 5.74) is 4.08. The molecule has 6 nitrogen and oxygen atoms in total. The van der Waals surface area contributed by atoms with Crippen molar-refractivity contribution >= 4 is 28.9 Å². The highest BCUT2D eigenvalue weighted by Crippen LogP contribution is 2.38. The molecule has 1 aliphatic rings. The van der Waals surface area contributed by atoms with Gasteiger partial charge < -0.3 is 20.1 Å². The number of para-hydroxylation sites is 1. The SMILES string of the molecule is CCc1ccccc1NC(=O)CCN1C(=S)N[C@H](c2ccccn2)[C@H]1c1ccn(C)c1. The van der Waals surface area contributed by atoms with Gasteiger partial charge in [-0.3, -0.25) is 9.78 Å². The number of benzene rings is 1. The average Bonchev–Trinajstić information content (AvgIpc) is 3.35. The Kier molecular flexibility index (Phi) is 6.32. The van der Waals surface area contributed by atoms with Crippen LogP contribution in [0.2, 0.25) is 0 Å². The van der Waals surface area contributed by atoms with Gasteiger partial charge in [0.1, 0.15) is 0 Å². The number of aryl methyl sites for hydroxylation is 2. The molecule has 1 fully saturated rings. The lowest BCUT2D eigenvalue weighted by molar-refractivity contribution is -0.116. The van der Waals surface area contributed by atoms with E-state index < -0.39 is 0 Å². The van der Waals surface area contributed by atoms with Crippen LogP contribution in [0.25, 0.3) is 0 Å². The maximum Gasteiger partial charge on any atom is 0.226 e. The predicted octanol–water partition coefficient (Wildman–Crippen LogP) is 3.98. The Morgan fingerprint density at radius 3 is 2.71 bits per heavy atom. The Hall–Kier alpha value is -3.19. The molecule has 1 saturated heterocycles. The number of pyridine rings is 1. The van der Waals surface area contributed by atoms with E-state index in [2.05, 4.69) is 39.7 Å². The Balaban J connectivity index is 1.52. The van der Waals surface area contributed by atoms with E-state index in [1.807, 2.05) is 60.3 Å². The van der Waals surface area contributed by atoms with Gasteiger partial charge in [0, 0.05) is 44.3 Å². The van der Waals surface area contributed by atoms with Crippen LogP contribution < -0.4 is 10.6 Å². The summed E-state index contributed by atoms with van der Waals surface area (Å²) in [5, 5.41) is 7.12. The van der Waals surface area contributed by atoms with E-state index in [0.717, 1.165) is 28.9 Å². The van der Waals surface area contributed by atoms with Gasteiger partial charge in [-0.2, -0.15) is 0 Å². The number of rotatable bonds is 7. The third-order valence-electron chi connectivity index (χ3n) is 5.65. The third-order valence-corrected chi connectivity index (χ3v) is 6.00. The summed E-state index contributed by atoms with van der Waals surface area (Å²) in [6.07, 6.45) is 7.14. The molecular formula is C24H27N5OS. The summed E-state index contributed by atoms with van der Waals surface area (Å²) in [6, 6.07) is 15.8. The third kappa shape index (κ3) is 4.61. The van der Waals surface area contributed by atoms with E-state index in [1.54, 1.807) is 6.20 Å². The molecule has 31 heavy (non-hydrogen) atoms. The van der Waals surface area contributed by atoms with E-state index in [4.69, 9.17) is 12.2 Å². The molecule has 160 valence electrons. The molecular weight excluding hydrogens is 406 g/mol. The van der Waals surface area contributed by atoms with E-state index in [0.29, 0.717) is 18.1 Å². The van der Waals surface area contributed by atoms with Crippen LogP contribution in [0.3, 0.4) is 0 Å². The summed E-state index contributed by atoms with van der Waals surface area (Å²) < 4.78 is 2.03. The molecule has 2 aromatic heterocycles. The number of hydrogen-bond acceptors (Lipinski definition) is 3. The zero-order chi connectivity index (χ0) is 21.8. The number of thiocarbonyl (C=S) groups is 1. The van der Waals surface area contributed by atoms with Crippen molar-refractivity contribution in [3.8, 4) is 0 Å². The van der Waals surface area contributed by atoms with Crippen LogP contribution in [-0.2, 0) is 18.3 Å². The highest BCUT2D eigenvalue weighted by atomic mass is 32.1. The first kappa shape index (κ1) is 21.1. The van der Waals surface area contributed by atoms with Gasteiger partial charge in [-0.25, -0.2) is 0 Å². The van der Waals surface area contributed by atoms with Crippen molar-refractivity contribution in [2.75, 3.05) is 11.9 Å². The van der Waals surface area contributed by atoms with Crippen LogP contribution in [0.5, 0.6) is 0 Å². The van der Waals surface area contributed by atoms with Crippen molar-refractivity contribution in [2.45, 2.75) is 31.8 Å².